The molecule has 0 aromatic heterocycles. The topological polar surface area (TPSA) is 40.1 Å². The van der Waals surface area contributed by atoms with Gasteiger partial charge in [0, 0.05) is 5.56 Å². The summed E-state index contributed by atoms with van der Waals surface area (Å²) in [7, 11) is 0. The third kappa shape index (κ3) is 8.12. The van der Waals surface area contributed by atoms with Crippen LogP contribution < -0.4 is 5.11 Å². The van der Waals surface area contributed by atoms with E-state index in [2.05, 4.69) is 13.8 Å². The molecule has 2 aromatic carbocycles. The fourth-order valence-electron chi connectivity index (χ4n) is 1.49. The Morgan fingerprint density at radius 1 is 0.818 bits per heavy atom. The summed E-state index contributed by atoms with van der Waals surface area (Å²) < 4.78 is 0. The number of benzene rings is 2. The van der Waals surface area contributed by atoms with Crippen LogP contribution in [0.15, 0.2) is 66.7 Å². The SMILES string of the molecule is O=C(/C=C(\[O-])c1ccccc1)c1ccccc1.[CH2-]C.[CH2-]C.[Tl+3]. The van der Waals surface area contributed by atoms with E-state index in [9.17, 15) is 9.90 Å². The van der Waals surface area contributed by atoms with Gasteiger partial charge >= 0.3 is 27.3 Å². The van der Waals surface area contributed by atoms with Gasteiger partial charge in [-0.2, -0.15) is 13.8 Å². The first kappa shape index (κ1) is 22.8. The quantitative estimate of drug-likeness (QED) is 0.219. The van der Waals surface area contributed by atoms with Crippen LogP contribution in [0, 0.1) is 13.8 Å². The smallest absolute Gasteiger partial charge is 0.872 e. The molecule has 22 heavy (non-hydrogen) atoms. The van der Waals surface area contributed by atoms with Gasteiger partial charge in [0.25, 0.3) is 0 Å². The van der Waals surface area contributed by atoms with E-state index in [4.69, 9.17) is 0 Å². The summed E-state index contributed by atoms with van der Waals surface area (Å²) in [5.41, 5.74) is 1.05. The van der Waals surface area contributed by atoms with E-state index < -0.39 is 0 Å². The third-order valence-electron chi connectivity index (χ3n) is 2.38. The number of carbonyl (C=O) groups excluding carboxylic acids is 1. The van der Waals surface area contributed by atoms with E-state index in [1.807, 2.05) is 12.1 Å². The minimum atomic E-state index is -0.264. The Morgan fingerprint density at radius 3 is 1.59 bits per heavy atom. The van der Waals surface area contributed by atoms with Gasteiger partial charge in [0.1, 0.15) is 0 Å². The van der Waals surface area contributed by atoms with Gasteiger partial charge in [0.05, 0.1) is 0 Å². The molecule has 0 bridgehead atoms. The predicted octanol–water partition coefficient (Wildman–Crippen LogP) is 3.57. The zero-order valence-corrected chi connectivity index (χ0v) is 17.6. The van der Waals surface area contributed by atoms with Crippen molar-refractivity contribution in [2.24, 2.45) is 0 Å². The third-order valence-corrected chi connectivity index (χ3v) is 2.38. The summed E-state index contributed by atoms with van der Waals surface area (Å²) in [6.07, 6.45) is 1.13. The van der Waals surface area contributed by atoms with Crippen LogP contribution in [0.4, 0.5) is 0 Å². The first-order chi connectivity index (χ1) is 10.3. The number of ketones is 1. The van der Waals surface area contributed by atoms with Gasteiger partial charge < -0.3 is 19.0 Å². The van der Waals surface area contributed by atoms with E-state index in [0.717, 1.165) is 6.08 Å². The van der Waals surface area contributed by atoms with Crippen LogP contribution in [-0.4, -0.2) is 33.1 Å². The summed E-state index contributed by atoms with van der Waals surface area (Å²) in [4.78, 5) is 11.8. The maximum absolute atomic E-state index is 11.8. The minimum absolute atomic E-state index is 0. The van der Waals surface area contributed by atoms with Crippen molar-refractivity contribution in [2.75, 3.05) is 0 Å². The summed E-state index contributed by atoms with van der Waals surface area (Å²) in [6.45, 7) is 10.0. The zero-order chi connectivity index (χ0) is 16.1. The van der Waals surface area contributed by atoms with Gasteiger partial charge in [-0.25, -0.2) is 0 Å². The van der Waals surface area contributed by atoms with Gasteiger partial charge in [-0.15, -0.1) is 0 Å². The largest absolute Gasteiger partial charge is 3.00 e. The van der Waals surface area contributed by atoms with Gasteiger partial charge in [0.2, 0.25) is 0 Å². The van der Waals surface area contributed by atoms with E-state index in [1.54, 1.807) is 62.4 Å². The second kappa shape index (κ2) is 14.5. The molecule has 0 saturated heterocycles. The molecular weight excluding hydrogens is 465 g/mol. The Hall–Kier alpha value is -1.43. The van der Waals surface area contributed by atoms with Crippen LogP contribution in [0.1, 0.15) is 29.8 Å². The summed E-state index contributed by atoms with van der Waals surface area (Å²) in [5.74, 6) is -0.529. The first-order valence-electron chi connectivity index (χ1n) is 6.72. The van der Waals surface area contributed by atoms with Gasteiger partial charge in [-0.3, -0.25) is 4.79 Å². The van der Waals surface area contributed by atoms with Crippen molar-refractivity contribution in [1.29, 1.82) is 0 Å². The van der Waals surface area contributed by atoms with E-state index in [1.165, 1.54) is 0 Å². The zero-order valence-electron chi connectivity index (χ0n) is 13.2. The van der Waals surface area contributed by atoms with Crippen molar-refractivity contribution in [2.45, 2.75) is 13.8 Å². The maximum Gasteiger partial charge on any atom is 3.00 e. The molecule has 0 aliphatic heterocycles. The predicted molar refractivity (Wildman–Crippen MR) is 93.0 cm³/mol. The number of hydrogen-bond acceptors (Lipinski definition) is 2. The Morgan fingerprint density at radius 2 is 1.18 bits per heavy atom. The molecule has 2 nitrogen and oxygen atoms in total. The van der Waals surface area contributed by atoms with Gasteiger partial charge in [-0.05, 0) is 11.6 Å². The molecule has 0 aliphatic carbocycles. The number of allylic oxidation sites excluding steroid dienone is 1. The average Bonchev–Trinajstić information content (AvgIpc) is 2.60. The van der Waals surface area contributed by atoms with Gasteiger partial charge in [-0.1, -0.05) is 66.4 Å². The number of carbonyl (C=O) groups is 1. The Kier molecular flexibility index (Phi) is 15.1. The van der Waals surface area contributed by atoms with E-state index in [-0.39, 0.29) is 38.8 Å². The molecule has 0 spiro atoms. The Bertz CT molecular complexity index is 534. The maximum atomic E-state index is 11.8. The Balaban J connectivity index is 0. The molecule has 2 rings (SSSR count). The molecule has 3 heteroatoms. The second-order valence-electron chi connectivity index (χ2n) is 3.60. The second-order valence-corrected chi connectivity index (χ2v) is 3.60. The van der Waals surface area contributed by atoms with Crippen LogP contribution in [0.5, 0.6) is 0 Å². The molecule has 0 atom stereocenters. The van der Waals surface area contributed by atoms with Crippen LogP contribution in [-0.2, 0) is 0 Å². The monoisotopic (exact) mass is 486 g/mol. The van der Waals surface area contributed by atoms with Gasteiger partial charge in [0.15, 0.2) is 5.78 Å². The molecule has 0 N–H and O–H groups in total. The minimum Gasteiger partial charge on any atom is -0.872 e. The van der Waals surface area contributed by atoms with Crippen LogP contribution in [0.3, 0.4) is 0 Å². The molecule has 0 heterocycles. The molecule has 0 amide bonds. The molecular formula is C19H21O2Tl. The molecule has 0 saturated carbocycles. The summed E-state index contributed by atoms with van der Waals surface area (Å²) in [6, 6.07) is 17.5. The first-order valence-corrected chi connectivity index (χ1v) is 6.72. The molecule has 0 fully saturated rings. The standard InChI is InChI=1S/C15H12O2.2C2H5.Tl/c16-14(12-7-3-1-4-8-12)11-15(17)13-9-5-2-6-10-13;2*1-2;/h1-11,16H;2*1H2,2H3;/q;2*-1;+3/p-1/b14-11-;;;. The van der Waals surface area contributed by atoms with Crippen molar-refractivity contribution in [3.05, 3.63) is 91.7 Å². The molecule has 112 valence electrons. The number of rotatable bonds is 3. The fraction of sp³-hybridized carbons (Fsp3) is 0.105. The summed E-state index contributed by atoms with van der Waals surface area (Å²) in [5, 5.41) is 11.8. The van der Waals surface area contributed by atoms with Crippen LogP contribution >= 0.6 is 0 Å². The number of hydrogen-bond donors (Lipinski definition) is 0. The average molecular weight is 486 g/mol. The molecule has 0 radical (unpaired) electrons. The van der Waals surface area contributed by atoms with Crippen LogP contribution in [0.2, 0.25) is 0 Å². The fourth-order valence-corrected chi connectivity index (χ4v) is 1.49. The molecule has 2 aromatic rings. The van der Waals surface area contributed by atoms with Crippen molar-refractivity contribution < 1.29 is 9.90 Å². The van der Waals surface area contributed by atoms with E-state index in [0.29, 0.717) is 11.1 Å². The Labute approximate surface area is 154 Å². The van der Waals surface area contributed by atoms with Crippen molar-refractivity contribution in [1.82, 2.24) is 0 Å². The van der Waals surface area contributed by atoms with E-state index >= 15 is 0 Å². The van der Waals surface area contributed by atoms with Crippen LogP contribution in [0.25, 0.3) is 5.76 Å². The molecule has 0 aliphatic rings. The van der Waals surface area contributed by atoms with Crippen molar-refractivity contribution in [3.8, 4) is 0 Å². The summed E-state index contributed by atoms with van der Waals surface area (Å²) >= 11 is 0. The van der Waals surface area contributed by atoms with Crippen molar-refractivity contribution >= 4 is 38.8 Å². The molecule has 0 unspecified atom stereocenters. The normalized spacial score (nSPS) is 9.18. The van der Waals surface area contributed by atoms with Crippen molar-refractivity contribution in [3.63, 3.8) is 0 Å².